The fourth-order valence-electron chi connectivity index (χ4n) is 2.59. The molecule has 0 aliphatic heterocycles. The molecule has 0 heterocycles. The van der Waals surface area contributed by atoms with Gasteiger partial charge in [-0.05, 0) is 37.5 Å². The summed E-state index contributed by atoms with van der Waals surface area (Å²) in [6, 6.07) is 2.10. The Morgan fingerprint density at radius 3 is 2.45 bits per heavy atom. The summed E-state index contributed by atoms with van der Waals surface area (Å²) >= 11 is 10.3. The van der Waals surface area contributed by atoms with Crippen molar-refractivity contribution in [1.29, 1.82) is 0 Å². The third-order valence-electron chi connectivity index (χ3n) is 3.79. The lowest BCUT2D eigenvalue weighted by Crippen LogP contribution is -2.02. The van der Waals surface area contributed by atoms with Crippen LogP contribution >= 0.6 is 27.5 Å². The van der Waals surface area contributed by atoms with Crippen LogP contribution in [0.4, 0.5) is 0 Å². The summed E-state index contributed by atoms with van der Waals surface area (Å²) in [6.07, 6.45) is 7.38. The molecular weight excluding hydrogens is 336 g/mol. The summed E-state index contributed by atoms with van der Waals surface area (Å²) in [7, 11) is 1.73. The zero-order valence-corrected chi connectivity index (χ0v) is 15.4. The second-order valence-electron chi connectivity index (χ2n) is 5.42. The van der Waals surface area contributed by atoms with Crippen LogP contribution in [-0.2, 0) is 0 Å². The quantitative estimate of drug-likeness (QED) is 0.369. The van der Waals surface area contributed by atoms with Crippen molar-refractivity contribution >= 4 is 27.5 Å². The first-order valence-corrected chi connectivity index (χ1v) is 8.73. The van der Waals surface area contributed by atoms with Crippen LogP contribution in [0.2, 0.25) is 0 Å². The van der Waals surface area contributed by atoms with E-state index in [1.165, 1.54) is 37.7 Å². The molecule has 1 aromatic rings. The zero-order valence-electron chi connectivity index (χ0n) is 13.1. The van der Waals surface area contributed by atoms with Gasteiger partial charge in [0, 0.05) is 10.0 Å². The molecular formula is C17H26BrClO. The van der Waals surface area contributed by atoms with Gasteiger partial charge in [0.2, 0.25) is 0 Å². The molecule has 0 bridgehead atoms. The minimum Gasteiger partial charge on any atom is -0.496 e. The molecule has 1 nitrogen and oxygen atoms in total. The summed E-state index contributed by atoms with van der Waals surface area (Å²) in [5.74, 6) is 0.944. The highest BCUT2D eigenvalue weighted by Gasteiger charge is 2.19. The van der Waals surface area contributed by atoms with Crippen LogP contribution in [0.3, 0.4) is 0 Å². The lowest BCUT2D eigenvalue weighted by atomic mass is 9.97. The molecule has 1 unspecified atom stereocenters. The van der Waals surface area contributed by atoms with Crippen molar-refractivity contribution in [3.63, 3.8) is 0 Å². The first-order valence-electron chi connectivity index (χ1n) is 7.50. The molecule has 0 fully saturated rings. The summed E-state index contributed by atoms with van der Waals surface area (Å²) < 4.78 is 6.69. The van der Waals surface area contributed by atoms with Gasteiger partial charge in [0.05, 0.1) is 12.5 Å². The number of rotatable bonds is 8. The van der Waals surface area contributed by atoms with E-state index in [1.807, 2.05) is 0 Å². The zero-order chi connectivity index (χ0) is 15.1. The fraction of sp³-hybridized carbons (Fsp3) is 0.647. The van der Waals surface area contributed by atoms with Crippen LogP contribution in [0.5, 0.6) is 5.75 Å². The number of halogens is 2. The number of hydrogen-bond donors (Lipinski definition) is 0. The predicted octanol–water partition coefficient (Wildman–Crippen LogP) is 6.71. The van der Waals surface area contributed by atoms with Gasteiger partial charge >= 0.3 is 0 Å². The molecule has 1 rings (SSSR count). The SMILES string of the molecule is CCCCCCCC(Cl)c1c(C)c(Br)cc(C)c1OC. The van der Waals surface area contributed by atoms with Crippen LogP contribution in [0.1, 0.15) is 67.5 Å². The lowest BCUT2D eigenvalue weighted by molar-refractivity contribution is 0.404. The van der Waals surface area contributed by atoms with Gasteiger partial charge < -0.3 is 4.74 Å². The summed E-state index contributed by atoms with van der Waals surface area (Å²) in [6.45, 7) is 6.41. The standard InChI is InChI=1S/C17H26BrClO/c1-5-6-7-8-9-10-15(19)16-13(3)14(18)11-12(2)17(16)20-4/h11,15H,5-10H2,1-4H3. The maximum absolute atomic E-state index is 6.65. The van der Waals surface area contributed by atoms with E-state index >= 15 is 0 Å². The largest absolute Gasteiger partial charge is 0.496 e. The first-order chi connectivity index (χ1) is 9.52. The molecule has 0 radical (unpaired) electrons. The maximum Gasteiger partial charge on any atom is 0.126 e. The second-order valence-corrected chi connectivity index (χ2v) is 6.80. The van der Waals surface area contributed by atoms with Crippen LogP contribution in [0.25, 0.3) is 0 Å². The number of benzene rings is 1. The maximum atomic E-state index is 6.65. The highest BCUT2D eigenvalue weighted by molar-refractivity contribution is 9.10. The van der Waals surface area contributed by atoms with Gasteiger partial charge in [0.1, 0.15) is 5.75 Å². The Labute approximate surface area is 137 Å². The predicted molar refractivity (Wildman–Crippen MR) is 92.1 cm³/mol. The van der Waals surface area contributed by atoms with Crippen molar-refractivity contribution in [2.75, 3.05) is 7.11 Å². The van der Waals surface area contributed by atoms with E-state index in [4.69, 9.17) is 16.3 Å². The van der Waals surface area contributed by atoms with E-state index in [1.54, 1.807) is 7.11 Å². The van der Waals surface area contributed by atoms with Gasteiger partial charge in [-0.2, -0.15) is 0 Å². The Bertz CT molecular complexity index is 431. The molecule has 1 aromatic carbocycles. The number of methoxy groups -OCH3 is 1. The van der Waals surface area contributed by atoms with E-state index in [2.05, 4.69) is 42.8 Å². The minimum absolute atomic E-state index is 0.0303. The topological polar surface area (TPSA) is 9.23 Å². The van der Waals surface area contributed by atoms with Crippen LogP contribution in [-0.4, -0.2) is 7.11 Å². The summed E-state index contributed by atoms with van der Waals surface area (Å²) in [5, 5.41) is 0.0303. The normalized spacial score (nSPS) is 12.5. The van der Waals surface area contributed by atoms with Crippen molar-refractivity contribution in [1.82, 2.24) is 0 Å². The average Bonchev–Trinajstić information content (AvgIpc) is 2.42. The van der Waals surface area contributed by atoms with Crippen molar-refractivity contribution in [3.8, 4) is 5.75 Å². The Morgan fingerprint density at radius 2 is 1.85 bits per heavy atom. The van der Waals surface area contributed by atoms with Crippen molar-refractivity contribution in [2.24, 2.45) is 0 Å². The number of unbranched alkanes of at least 4 members (excludes halogenated alkanes) is 4. The van der Waals surface area contributed by atoms with Crippen LogP contribution < -0.4 is 4.74 Å². The van der Waals surface area contributed by atoms with E-state index in [-0.39, 0.29) is 5.38 Å². The van der Waals surface area contributed by atoms with Crippen LogP contribution in [0.15, 0.2) is 10.5 Å². The Balaban J connectivity index is 2.78. The van der Waals surface area contributed by atoms with Crippen LogP contribution in [0, 0.1) is 13.8 Å². The molecule has 0 saturated heterocycles. The monoisotopic (exact) mass is 360 g/mol. The fourth-order valence-corrected chi connectivity index (χ4v) is 3.57. The summed E-state index contributed by atoms with van der Waals surface area (Å²) in [5.41, 5.74) is 3.48. The van der Waals surface area contributed by atoms with Gasteiger partial charge in [0.25, 0.3) is 0 Å². The lowest BCUT2D eigenvalue weighted by Gasteiger charge is -2.20. The van der Waals surface area contributed by atoms with Gasteiger partial charge in [0.15, 0.2) is 0 Å². The number of hydrogen-bond acceptors (Lipinski definition) is 1. The Hall–Kier alpha value is -0.210. The van der Waals surface area contributed by atoms with Crippen molar-refractivity contribution in [3.05, 3.63) is 27.2 Å². The number of aryl methyl sites for hydroxylation is 1. The van der Waals surface area contributed by atoms with Crippen molar-refractivity contribution < 1.29 is 4.74 Å². The molecule has 0 aromatic heterocycles. The van der Waals surface area contributed by atoms with E-state index in [0.717, 1.165) is 27.8 Å². The van der Waals surface area contributed by atoms with Crippen molar-refractivity contribution in [2.45, 2.75) is 64.7 Å². The van der Waals surface area contributed by atoms with Gasteiger partial charge in [-0.15, -0.1) is 11.6 Å². The molecule has 1 atom stereocenters. The highest BCUT2D eigenvalue weighted by atomic mass is 79.9. The molecule has 0 amide bonds. The molecule has 0 spiro atoms. The molecule has 3 heteroatoms. The number of alkyl halides is 1. The van der Waals surface area contributed by atoms with Gasteiger partial charge in [-0.1, -0.05) is 55.0 Å². The first kappa shape index (κ1) is 17.8. The Kier molecular flexibility index (Phi) is 7.98. The third-order valence-corrected chi connectivity index (χ3v) is 5.05. The molecule has 0 saturated carbocycles. The van der Waals surface area contributed by atoms with E-state index in [9.17, 15) is 0 Å². The molecule has 114 valence electrons. The minimum atomic E-state index is 0.0303. The smallest absolute Gasteiger partial charge is 0.126 e. The van der Waals surface area contributed by atoms with E-state index < -0.39 is 0 Å². The highest BCUT2D eigenvalue weighted by Crippen LogP contribution is 2.41. The molecule has 20 heavy (non-hydrogen) atoms. The average molecular weight is 362 g/mol. The number of ether oxygens (including phenoxy) is 1. The van der Waals surface area contributed by atoms with E-state index in [0.29, 0.717) is 0 Å². The second kappa shape index (κ2) is 8.94. The Morgan fingerprint density at radius 1 is 1.20 bits per heavy atom. The third kappa shape index (κ3) is 4.66. The summed E-state index contributed by atoms with van der Waals surface area (Å²) in [4.78, 5) is 0. The van der Waals surface area contributed by atoms with Gasteiger partial charge in [-0.3, -0.25) is 0 Å². The molecule has 0 aliphatic rings. The molecule has 0 N–H and O–H groups in total. The molecule has 0 aliphatic carbocycles. The van der Waals surface area contributed by atoms with Gasteiger partial charge in [-0.25, -0.2) is 0 Å².